The maximum absolute atomic E-state index is 11.8. The van der Waals surface area contributed by atoms with Gasteiger partial charge in [0.25, 0.3) is 0 Å². The average molecular weight is 244 g/mol. The molecule has 0 aliphatic carbocycles. The summed E-state index contributed by atoms with van der Waals surface area (Å²) in [6.45, 7) is 0.520. The average Bonchev–Trinajstić information content (AvgIpc) is 2.40. The first-order valence-corrected chi connectivity index (χ1v) is 6.38. The topological polar surface area (TPSA) is 46.2 Å². The first kappa shape index (κ1) is 10.7. The lowest BCUT2D eigenvalue weighted by Crippen LogP contribution is -2.08. The van der Waals surface area contributed by atoms with E-state index in [-0.39, 0.29) is 9.92 Å². The molecule has 1 heterocycles. The Balaban J connectivity index is 2.68. The fourth-order valence-corrected chi connectivity index (χ4v) is 3.73. The number of sulfone groups is 1. The summed E-state index contributed by atoms with van der Waals surface area (Å²) in [6, 6.07) is 5.12. The third-order valence-electron chi connectivity index (χ3n) is 2.26. The van der Waals surface area contributed by atoms with Crippen molar-refractivity contribution >= 4 is 27.0 Å². The summed E-state index contributed by atoms with van der Waals surface area (Å²) in [4.78, 5) is 0.233. The second kappa shape index (κ2) is 3.63. The maximum atomic E-state index is 11.8. The van der Waals surface area contributed by atoms with Crippen molar-refractivity contribution in [3.63, 3.8) is 0 Å². The van der Waals surface area contributed by atoms with Gasteiger partial charge in [0.15, 0.2) is 0 Å². The van der Waals surface area contributed by atoms with Crippen LogP contribution in [-0.2, 0) is 9.84 Å². The predicted octanol–water partition coefficient (Wildman–Crippen LogP) is 1.69. The van der Waals surface area contributed by atoms with Crippen molar-refractivity contribution in [2.24, 2.45) is 0 Å². The van der Waals surface area contributed by atoms with Gasteiger partial charge in [-0.1, -0.05) is 23.7 Å². The molecule has 0 fully saturated rings. The fraction of sp³-hybridized carbons (Fsp3) is 0.200. The van der Waals surface area contributed by atoms with Crippen LogP contribution >= 0.6 is 11.6 Å². The van der Waals surface area contributed by atoms with E-state index in [2.05, 4.69) is 5.32 Å². The van der Waals surface area contributed by atoms with E-state index in [1.165, 1.54) is 5.41 Å². The molecule has 0 saturated carbocycles. The first-order valence-electron chi connectivity index (χ1n) is 4.45. The smallest absolute Gasteiger partial charge is 0.202 e. The van der Waals surface area contributed by atoms with Gasteiger partial charge in [-0.15, -0.1) is 0 Å². The zero-order valence-electron chi connectivity index (χ0n) is 8.12. The molecule has 0 radical (unpaired) electrons. The molecule has 15 heavy (non-hydrogen) atoms. The van der Waals surface area contributed by atoms with Crippen LogP contribution in [0.5, 0.6) is 0 Å². The molecule has 0 aromatic heterocycles. The van der Waals surface area contributed by atoms with Crippen LogP contribution in [0, 0.1) is 0 Å². The summed E-state index contributed by atoms with van der Waals surface area (Å²) >= 11 is 5.89. The number of hydrogen-bond donors (Lipinski definition) is 1. The Bertz CT molecular complexity index is 534. The molecule has 0 unspecified atom stereocenters. The molecule has 2 rings (SSSR count). The van der Waals surface area contributed by atoms with Crippen molar-refractivity contribution < 1.29 is 8.42 Å². The van der Waals surface area contributed by atoms with Gasteiger partial charge < -0.3 is 5.32 Å². The number of hydrogen-bond acceptors (Lipinski definition) is 3. The molecule has 0 atom stereocenters. The number of likely N-dealkylation sites (N-methyl/N-ethyl adjacent to an activating group) is 1. The van der Waals surface area contributed by atoms with Crippen molar-refractivity contribution in [2.45, 2.75) is 4.90 Å². The van der Waals surface area contributed by atoms with E-state index in [0.717, 1.165) is 5.57 Å². The van der Waals surface area contributed by atoms with Crippen LogP contribution in [0.2, 0.25) is 5.02 Å². The molecular formula is C10H10ClNO2S. The third kappa shape index (κ3) is 1.69. The number of halogens is 1. The Morgan fingerprint density at radius 3 is 2.80 bits per heavy atom. The van der Waals surface area contributed by atoms with E-state index in [1.807, 2.05) is 0 Å². The molecule has 1 aliphatic heterocycles. The number of rotatable bonds is 2. The molecule has 1 aliphatic rings. The maximum Gasteiger partial charge on any atom is 0.202 e. The molecule has 80 valence electrons. The Morgan fingerprint density at radius 2 is 2.13 bits per heavy atom. The van der Waals surface area contributed by atoms with Gasteiger partial charge in [0.05, 0.1) is 9.92 Å². The van der Waals surface area contributed by atoms with Crippen molar-refractivity contribution in [3.05, 3.63) is 34.2 Å². The van der Waals surface area contributed by atoms with Crippen LogP contribution in [0.15, 0.2) is 28.5 Å². The van der Waals surface area contributed by atoms with E-state index in [0.29, 0.717) is 12.1 Å². The van der Waals surface area contributed by atoms with E-state index >= 15 is 0 Å². The molecule has 5 heteroatoms. The highest BCUT2D eigenvalue weighted by Gasteiger charge is 2.28. The summed E-state index contributed by atoms with van der Waals surface area (Å²) in [5, 5.41) is 4.50. The SMILES string of the molecule is CNCC1=CS(=O)(=O)c2c(Cl)cccc21. The van der Waals surface area contributed by atoms with E-state index in [1.54, 1.807) is 25.2 Å². The van der Waals surface area contributed by atoms with Crippen molar-refractivity contribution in [2.75, 3.05) is 13.6 Å². The number of nitrogens with one attached hydrogen (secondary N) is 1. The number of benzene rings is 1. The minimum Gasteiger partial charge on any atom is -0.316 e. The van der Waals surface area contributed by atoms with Gasteiger partial charge in [-0.25, -0.2) is 8.42 Å². The summed E-state index contributed by atoms with van der Waals surface area (Å²) in [7, 11) is -1.57. The monoisotopic (exact) mass is 243 g/mol. The zero-order chi connectivity index (χ0) is 11.1. The molecular weight excluding hydrogens is 234 g/mol. The Hall–Kier alpha value is -0.840. The molecule has 1 N–H and O–H groups in total. The minimum atomic E-state index is -3.34. The predicted molar refractivity (Wildman–Crippen MR) is 60.5 cm³/mol. The van der Waals surface area contributed by atoms with Gasteiger partial charge in [-0.05, 0) is 18.7 Å². The summed E-state index contributed by atoms with van der Waals surface area (Å²) in [5.74, 6) is 0. The highest BCUT2D eigenvalue weighted by molar-refractivity contribution is 7.95. The van der Waals surface area contributed by atoms with E-state index < -0.39 is 9.84 Å². The van der Waals surface area contributed by atoms with Crippen molar-refractivity contribution in [3.8, 4) is 0 Å². The fourth-order valence-electron chi connectivity index (χ4n) is 1.69. The van der Waals surface area contributed by atoms with Crippen LogP contribution in [0.4, 0.5) is 0 Å². The standard InChI is InChI=1S/C10H10ClNO2S/c1-12-5-7-6-15(13,14)10-8(7)3-2-4-9(10)11/h2-4,6,12H,5H2,1H3. The quantitative estimate of drug-likeness (QED) is 0.860. The lowest BCUT2D eigenvalue weighted by Gasteiger charge is -2.04. The van der Waals surface area contributed by atoms with Crippen LogP contribution in [0.1, 0.15) is 5.56 Å². The summed E-state index contributed by atoms with van der Waals surface area (Å²) in [5.41, 5.74) is 1.46. The molecule has 1 aromatic carbocycles. The largest absolute Gasteiger partial charge is 0.316 e. The van der Waals surface area contributed by atoms with Gasteiger partial charge in [-0.2, -0.15) is 0 Å². The molecule has 0 amide bonds. The third-order valence-corrected chi connectivity index (χ3v) is 4.29. The second-order valence-electron chi connectivity index (χ2n) is 3.33. The molecule has 3 nitrogen and oxygen atoms in total. The lowest BCUT2D eigenvalue weighted by molar-refractivity contribution is 0.605. The van der Waals surface area contributed by atoms with Gasteiger partial charge in [0, 0.05) is 17.5 Å². The van der Waals surface area contributed by atoms with E-state index in [9.17, 15) is 8.42 Å². The first-order chi connectivity index (χ1) is 7.06. The lowest BCUT2D eigenvalue weighted by atomic mass is 10.1. The minimum absolute atomic E-state index is 0.233. The molecule has 0 spiro atoms. The Kier molecular flexibility index (Phi) is 2.58. The zero-order valence-corrected chi connectivity index (χ0v) is 9.69. The van der Waals surface area contributed by atoms with Crippen LogP contribution in [0.3, 0.4) is 0 Å². The highest BCUT2D eigenvalue weighted by Crippen LogP contribution is 2.37. The molecule has 0 saturated heterocycles. The Morgan fingerprint density at radius 1 is 1.40 bits per heavy atom. The highest BCUT2D eigenvalue weighted by atomic mass is 35.5. The molecule has 0 bridgehead atoms. The second-order valence-corrected chi connectivity index (χ2v) is 5.48. The van der Waals surface area contributed by atoms with Gasteiger partial charge in [-0.3, -0.25) is 0 Å². The van der Waals surface area contributed by atoms with Gasteiger partial charge in [0.1, 0.15) is 0 Å². The van der Waals surface area contributed by atoms with Crippen LogP contribution in [-0.4, -0.2) is 22.0 Å². The van der Waals surface area contributed by atoms with Crippen molar-refractivity contribution in [1.82, 2.24) is 5.32 Å². The Labute approximate surface area is 93.7 Å². The van der Waals surface area contributed by atoms with Gasteiger partial charge in [0.2, 0.25) is 9.84 Å². The van der Waals surface area contributed by atoms with Gasteiger partial charge >= 0.3 is 0 Å². The van der Waals surface area contributed by atoms with Crippen LogP contribution in [0.25, 0.3) is 5.57 Å². The summed E-state index contributed by atoms with van der Waals surface area (Å²) in [6.07, 6.45) is 0. The molecule has 1 aromatic rings. The normalized spacial score (nSPS) is 17.3. The summed E-state index contributed by atoms with van der Waals surface area (Å²) < 4.78 is 23.5. The van der Waals surface area contributed by atoms with Crippen LogP contribution < -0.4 is 5.32 Å². The number of fused-ring (bicyclic) bond motifs is 1. The van der Waals surface area contributed by atoms with E-state index in [4.69, 9.17) is 11.6 Å². The van der Waals surface area contributed by atoms with Crippen molar-refractivity contribution in [1.29, 1.82) is 0 Å².